The van der Waals surface area contributed by atoms with Crippen LogP contribution in [0.15, 0.2) is 30.3 Å². The van der Waals surface area contributed by atoms with Crippen molar-refractivity contribution < 1.29 is 8.42 Å². The van der Waals surface area contributed by atoms with Crippen LogP contribution in [-0.2, 0) is 15.4 Å². The van der Waals surface area contributed by atoms with E-state index in [1.807, 2.05) is 37.3 Å². The summed E-state index contributed by atoms with van der Waals surface area (Å²) in [5, 5.41) is 0. The Morgan fingerprint density at radius 1 is 1.25 bits per heavy atom. The molecule has 1 aromatic rings. The van der Waals surface area contributed by atoms with Gasteiger partial charge in [0.2, 0.25) is 0 Å². The molecule has 0 amide bonds. The Kier molecular flexibility index (Phi) is 4.10. The Hall–Kier alpha value is -0.870. The van der Waals surface area contributed by atoms with Gasteiger partial charge in [0.1, 0.15) is 9.84 Å². The predicted octanol–water partition coefficient (Wildman–Crippen LogP) is 1.69. The number of hydrogen-bond acceptors (Lipinski definition) is 3. The Labute approximate surface area is 97.6 Å². The Balaban J connectivity index is 2.87. The van der Waals surface area contributed by atoms with Crippen molar-refractivity contribution in [1.82, 2.24) is 0 Å². The summed E-state index contributed by atoms with van der Waals surface area (Å²) in [6.07, 6.45) is 2.44. The Morgan fingerprint density at radius 3 is 2.25 bits per heavy atom. The van der Waals surface area contributed by atoms with Crippen molar-refractivity contribution in [2.45, 2.75) is 25.3 Å². The maximum atomic E-state index is 11.2. The third-order valence-electron chi connectivity index (χ3n) is 2.90. The predicted molar refractivity (Wildman–Crippen MR) is 66.9 cm³/mol. The van der Waals surface area contributed by atoms with Crippen LogP contribution in [0.2, 0.25) is 0 Å². The summed E-state index contributed by atoms with van der Waals surface area (Å²) in [6.45, 7) is 1.98. The van der Waals surface area contributed by atoms with Crippen molar-refractivity contribution in [3.8, 4) is 0 Å². The van der Waals surface area contributed by atoms with Crippen LogP contribution in [0.1, 0.15) is 25.3 Å². The van der Waals surface area contributed by atoms with Crippen LogP contribution < -0.4 is 5.73 Å². The van der Waals surface area contributed by atoms with E-state index in [1.54, 1.807) is 0 Å². The molecule has 0 fully saturated rings. The van der Waals surface area contributed by atoms with E-state index in [0.717, 1.165) is 12.0 Å². The van der Waals surface area contributed by atoms with Crippen molar-refractivity contribution >= 4 is 9.84 Å². The van der Waals surface area contributed by atoms with Crippen LogP contribution in [0.3, 0.4) is 0 Å². The van der Waals surface area contributed by atoms with Gasteiger partial charge >= 0.3 is 0 Å². The first kappa shape index (κ1) is 13.2. The maximum Gasteiger partial charge on any atom is 0.147 e. The number of nitrogens with two attached hydrogens (primary N) is 1. The van der Waals surface area contributed by atoms with Gasteiger partial charge in [-0.1, -0.05) is 37.3 Å². The van der Waals surface area contributed by atoms with Crippen molar-refractivity contribution in [3.63, 3.8) is 0 Å². The number of hydrogen-bond donors (Lipinski definition) is 1. The van der Waals surface area contributed by atoms with E-state index in [0.29, 0.717) is 6.42 Å². The summed E-state index contributed by atoms with van der Waals surface area (Å²) < 4.78 is 22.3. The zero-order chi connectivity index (χ0) is 12.2. The minimum atomic E-state index is -2.96. The smallest absolute Gasteiger partial charge is 0.147 e. The minimum Gasteiger partial charge on any atom is -0.321 e. The molecule has 2 N–H and O–H groups in total. The maximum absolute atomic E-state index is 11.2. The lowest BCUT2D eigenvalue weighted by molar-refractivity contribution is 0.412. The van der Waals surface area contributed by atoms with Crippen molar-refractivity contribution in [2.75, 3.05) is 12.0 Å². The van der Waals surface area contributed by atoms with E-state index in [2.05, 4.69) is 0 Å². The number of sulfone groups is 1. The van der Waals surface area contributed by atoms with E-state index in [-0.39, 0.29) is 5.75 Å². The molecular weight excluding hydrogens is 222 g/mol. The van der Waals surface area contributed by atoms with E-state index in [4.69, 9.17) is 5.73 Å². The quantitative estimate of drug-likeness (QED) is 0.853. The zero-order valence-electron chi connectivity index (χ0n) is 9.81. The molecule has 3 nitrogen and oxygen atoms in total. The molecule has 0 spiro atoms. The average Bonchev–Trinajstić information content (AvgIpc) is 2.26. The molecule has 0 aromatic heterocycles. The van der Waals surface area contributed by atoms with Crippen LogP contribution in [0.4, 0.5) is 0 Å². The first-order valence-corrected chi connectivity index (χ1v) is 7.45. The molecule has 0 heterocycles. The van der Waals surface area contributed by atoms with Gasteiger partial charge in [0.25, 0.3) is 0 Å². The molecule has 1 aromatic carbocycles. The second-order valence-corrected chi connectivity index (χ2v) is 6.52. The first-order valence-electron chi connectivity index (χ1n) is 5.39. The van der Waals surface area contributed by atoms with Gasteiger partial charge < -0.3 is 5.73 Å². The van der Waals surface area contributed by atoms with E-state index in [1.165, 1.54) is 6.26 Å². The number of rotatable bonds is 5. The highest BCUT2D eigenvalue weighted by Crippen LogP contribution is 2.26. The monoisotopic (exact) mass is 241 g/mol. The summed E-state index contributed by atoms with van der Waals surface area (Å²) in [5.41, 5.74) is 6.73. The average molecular weight is 241 g/mol. The molecule has 1 atom stereocenters. The highest BCUT2D eigenvalue weighted by atomic mass is 32.2. The van der Waals surface area contributed by atoms with Crippen molar-refractivity contribution in [1.29, 1.82) is 0 Å². The zero-order valence-corrected chi connectivity index (χ0v) is 10.6. The van der Waals surface area contributed by atoms with Crippen molar-refractivity contribution in [2.24, 2.45) is 5.73 Å². The molecule has 0 saturated carbocycles. The van der Waals surface area contributed by atoms with Gasteiger partial charge in [0.15, 0.2) is 0 Å². The lowest BCUT2D eigenvalue weighted by Gasteiger charge is -2.28. The third kappa shape index (κ3) is 3.61. The summed E-state index contributed by atoms with van der Waals surface area (Å²) in [5.74, 6) is 0.131. The Morgan fingerprint density at radius 2 is 1.81 bits per heavy atom. The molecule has 16 heavy (non-hydrogen) atoms. The van der Waals surface area contributed by atoms with E-state index < -0.39 is 15.4 Å². The second kappa shape index (κ2) is 4.97. The fourth-order valence-electron chi connectivity index (χ4n) is 1.66. The molecule has 0 aliphatic rings. The van der Waals surface area contributed by atoms with Crippen LogP contribution in [0, 0.1) is 0 Å². The minimum absolute atomic E-state index is 0.131. The standard InChI is InChI=1S/C12H19NO2S/c1-3-12(13,9-10-16(2,14)15)11-7-5-4-6-8-11/h4-8H,3,9-10,13H2,1-2H3. The molecule has 0 saturated heterocycles. The molecule has 0 aliphatic heterocycles. The highest BCUT2D eigenvalue weighted by molar-refractivity contribution is 7.90. The van der Waals surface area contributed by atoms with Gasteiger partial charge in [-0.15, -0.1) is 0 Å². The lowest BCUT2D eigenvalue weighted by Crippen LogP contribution is -2.37. The van der Waals surface area contributed by atoms with Crippen LogP contribution >= 0.6 is 0 Å². The van der Waals surface area contributed by atoms with Gasteiger partial charge in [-0.05, 0) is 18.4 Å². The second-order valence-electron chi connectivity index (χ2n) is 4.26. The summed E-state index contributed by atoms with van der Waals surface area (Å²) in [4.78, 5) is 0. The summed E-state index contributed by atoms with van der Waals surface area (Å²) in [7, 11) is -2.96. The normalized spacial score (nSPS) is 15.7. The molecule has 0 aliphatic carbocycles. The lowest BCUT2D eigenvalue weighted by atomic mass is 9.86. The van der Waals surface area contributed by atoms with Gasteiger partial charge in [0.05, 0.1) is 5.75 Å². The topological polar surface area (TPSA) is 60.2 Å². The molecular formula is C12H19NO2S. The molecule has 90 valence electrons. The van der Waals surface area contributed by atoms with Crippen molar-refractivity contribution in [3.05, 3.63) is 35.9 Å². The number of benzene rings is 1. The highest BCUT2D eigenvalue weighted by Gasteiger charge is 2.26. The molecule has 0 radical (unpaired) electrons. The fraction of sp³-hybridized carbons (Fsp3) is 0.500. The van der Waals surface area contributed by atoms with Gasteiger partial charge in [-0.25, -0.2) is 8.42 Å². The largest absolute Gasteiger partial charge is 0.321 e. The van der Waals surface area contributed by atoms with Gasteiger partial charge in [0, 0.05) is 11.8 Å². The molecule has 4 heteroatoms. The molecule has 1 rings (SSSR count). The van der Waals surface area contributed by atoms with Crippen LogP contribution in [0.25, 0.3) is 0 Å². The SMILES string of the molecule is CCC(N)(CCS(C)(=O)=O)c1ccccc1. The summed E-state index contributed by atoms with van der Waals surface area (Å²) >= 11 is 0. The van der Waals surface area contributed by atoms with Gasteiger partial charge in [-0.3, -0.25) is 0 Å². The van der Waals surface area contributed by atoms with Crippen LogP contribution in [-0.4, -0.2) is 20.4 Å². The first-order chi connectivity index (χ1) is 7.37. The fourth-order valence-corrected chi connectivity index (χ4v) is 2.40. The Bertz CT molecular complexity index is 428. The third-order valence-corrected chi connectivity index (χ3v) is 3.84. The van der Waals surface area contributed by atoms with Gasteiger partial charge in [-0.2, -0.15) is 0 Å². The van der Waals surface area contributed by atoms with E-state index in [9.17, 15) is 8.42 Å². The molecule has 0 bridgehead atoms. The summed E-state index contributed by atoms with van der Waals surface area (Å²) in [6, 6.07) is 9.67. The van der Waals surface area contributed by atoms with E-state index >= 15 is 0 Å². The van der Waals surface area contributed by atoms with Crippen LogP contribution in [0.5, 0.6) is 0 Å². The molecule has 1 unspecified atom stereocenters.